The first kappa shape index (κ1) is 15.5. The smallest absolute Gasteiger partial charge is 0.191 e. The van der Waals surface area contributed by atoms with Crippen LogP contribution < -0.4 is 0 Å². The van der Waals surface area contributed by atoms with E-state index in [4.69, 9.17) is 4.42 Å². The highest BCUT2D eigenvalue weighted by Crippen LogP contribution is 2.40. The van der Waals surface area contributed by atoms with Crippen molar-refractivity contribution in [2.75, 3.05) is 0 Å². The lowest BCUT2D eigenvalue weighted by atomic mass is 10.1. The molecule has 24 heavy (non-hydrogen) atoms. The highest BCUT2D eigenvalue weighted by molar-refractivity contribution is 7.98. The van der Waals surface area contributed by atoms with Crippen molar-refractivity contribution < 1.29 is 4.42 Å². The normalized spacial score (nSPS) is 14.2. The molecule has 3 aromatic rings. The Balaban J connectivity index is 1.57. The highest BCUT2D eigenvalue weighted by Gasteiger charge is 2.30. The van der Waals surface area contributed by atoms with Crippen LogP contribution in [0, 0.1) is 13.8 Å². The Kier molecular flexibility index (Phi) is 4.19. The second kappa shape index (κ2) is 6.48. The molecule has 0 radical (unpaired) electrons. The van der Waals surface area contributed by atoms with Gasteiger partial charge in [-0.25, -0.2) is 0 Å². The van der Waals surface area contributed by atoms with E-state index in [0.29, 0.717) is 12.5 Å². The van der Waals surface area contributed by atoms with E-state index in [1.807, 2.05) is 12.1 Å². The van der Waals surface area contributed by atoms with Crippen molar-refractivity contribution in [3.63, 3.8) is 0 Å². The Hall–Kier alpha value is -2.01. The van der Waals surface area contributed by atoms with Crippen LogP contribution in [0.15, 0.2) is 46.2 Å². The number of furan rings is 1. The number of hydrogen-bond acceptors (Lipinski definition) is 4. The molecule has 0 N–H and O–H groups in total. The van der Waals surface area contributed by atoms with E-state index in [1.165, 1.54) is 29.5 Å². The number of thioether (sulfide) groups is 1. The van der Waals surface area contributed by atoms with Gasteiger partial charge < -0.3 is 4.42 Å². The zero-order chi connectivity index (χ0) is 16.5. The minimum absolute atomic E-state index is 0.572. The van der Waals surface area contributed by atoms with Gasteiger partial charge in [0.05, 0.1) is 12.8 Å². The average molecular weight is 339 g/mol. The van der Waals surface area contributed by atoms with Gasteiger partial charge in [0.1, 0.15) is 11.6 Å². The molecule has 4 rings (SSSR count). The molecular weight excluding hydrogens is 318 g/mol. The molecule has 0 unspecified atom stereocenters. The molecule has 2 aromatic heterocycles. The Morgan fingerprint density at radius 1 is 1.21 bits per heavy atom. The largest absolute Gasteiger partial charge is 0.467 e. The van der Waals surface area contributed by atoms with Gasteiger partial charge in [-0.2, -0.15) is 0 Å². The number of rotatable bonds is 6. The van der Waals surface area contributed by atoms with Crippen LogP contribution in [0.4, 0.5) is 0 Å². The molecule has 0 aliphatic heterocycles. The molecule has 1 aliphatic rings. The predicted molar refractivity (Wildman–Crippen MR) is 95.3 cm³/mol. The van der Waals surface area contributed by atoms with Crippen LogP contribution in [-0.4, -0.2) is 14.8 Å². The molecule has 5 heteroatoms. The molecule has 0 bridgehead atoms. The summed E-state index contributed by atoms with van der Waals surface area (Å²) in [6, 6.07) is 10.6. The maximum atomic E-state index is 5.53. The third-order valence-corrected chi connectivity index (χ3v) is 5.46. The quantitative estimate of drug-likeness (QED) is 0.610. The van der Waals surface area contributed by atoms with Crippen LogP contribution in [0.5, 0.6) is 0 Å². The lowest BCUT2D eigenvalue weighted by molar-refractivity contribution is 0.478. The number of aryl methyl sites for hydroxylation is 2. The van der Waals surface area contributed by atoms with Crippen molar-refractivity contribution >= 4 is 11.8 Å². The third kappa shape index (κ3) is 3.26. The van der Waals surface area contributed by atoms with Crippen LogP contribution in [-0.2, 0) is 12.3 Å². The number of hydrogen-bond donors (Lipinski definition) is 0. The van der Waals surface area contributed by atoms with Gasteiger partial charge in [-0.05, 0) is 49.9 Å². The Morgan fingerprint density at radius 3 is 2.83 bits per heavy atom. The first-order valence-electron chi connectivity index (χ1n) is 8.35. The summed E-state index contributed by atoms with van der Waals surface area (Å²) in [4.78, 5) is 0. The molecule has 1 saturated carbocycles. The molecule has 1 aliphatic carbocycles. The third-order valence-electron chi connectivity index (χ3n) is 4.44. The lowest BCUT2D eigenvalue weighted by Gasteiger charge is -2.10. The summed E-state index contributed by atoms with van der Waals surface area (Å²) in [6.45, 7) is 5.01. The summed E-state index contributed by atoms with van der Waals surface area (Å²) in [6.07, 6.45) is 4.16. The summed E-state index contributed by atoms with van der Waals surface area (Å²) in [7, 11) is 0. The van der Waals surface area contributed by atoms with Crippen LogP contribution in [0.25, 0.3) is 0 Å². The van der Waals surface area contributed by atoms with Gasteiger partial charge in [0, 0.05) is 11.7 Å². The predicted octanol–water partition coefficient (Wildman–Crippen LogP) is 4.71. The van der Waals surface area contributed by atoms with Crippen molar-refractivity contribution in [2.24, 2.45) is 0 Å². The maximum absolute atomic E-state index is 5.53. The molecule has 4 nitrogen and oxygen atoms in total. The Bertz CT molecular complexity index is 834. The summed E-state index contributed by atoms with van der Waals surface area (Å²) < 4.78 is 7.76. The summed E-state index contributed by atoms with van der Waals surface area (Å²) in [5.74, 6) is 3.54. The van der Waals surface area contributed by atoms with Crippen LogP contribution >= 0.6 is 11.8 Å². The molecule has 1 aromatic carbocycles. The van der Waals surface area contributed by atoms with Crippen LogP contribution in [0.2, 0.25) is 0 Å². The van der Waals surface area contributed by atoms with E-state index in [9.17, 15) is 0 Å². The van der Waals surface area contributed by atoms with Gasteiger partial charge >= 0.3 is 0 Å². The van der Waals surface area contributed by atoms with Gasteiger partial charge in [-0.1, -0.05) is 35.5 Å². The molecule has 1 fully saturated rings. The zero-order valence-electron chi connectivity index (χ0n) is 14.0. The molecule has 0 amide bonds. The molecule has 0 spiro atoms. The fourth-order valence-corrected chi connectivity index (χ4v) is 3.86. The highest BCUT2D eigenvalue weighted by atomic mass is 32.2. The first-order valence-corrected chi connectivity index (χ1v) is 9.33. The molecular formula is C19H21N3OS. The first-order chi connectivity index (χ1) is 11.7. The van der Waals surface area contributed by atoms with E-state index in [-0.39, 0.29) is 0 Å². The van der Waals surface area contributed by atoms with E-state index >= 15 is 0 Å². The van der Waals surface area contributed by atoms with E-state index in [2.05, 4.69) is 46.8 Å². The summed E-state index contributed by atoms with van der Waals surface area (Å²) >= 11 is 1.76. The molecule has 2 heterocycles. The van der Waals surface area contributed by atoms with E-state index < -0.39 is 0 Å². The van der Waals surface area contributed by atoms with Crippen molar-refractivity contribution in [3.8, 4) is 0 Å². The fraction of sp³-hybridized carbons (Fsp3) is 0.368. The van der Waals surface area contributed by atoms with E-state index in [1.54, 1.807) is 18.0 Å². The molecule has 0 atom stereocenters. The maximum Gasteiger partial charge on any atom is 0.191 e. The standard InChI is InChI=1S/C19H21N3OS/c1-13-5-6-14(2)16(10-13)12-24-19-21-20-18(15-7-8-15)22(19)11-17-4-3-9-23-17/h3-6,9-10,15H,7-8,11-12H2,1-2H3. The lowest BCUT2D eigenvalue weighted by Crippen LogP contribution is -2.05. The van der Waals surface area contributed by atoms with Gasteiger partial charge in [-0.3, -0.25) is 4.57 Å². The molecule has 124 valence electrons. The second-order valence-electron chi connectivity index (χ2n) is 6.50. The Labute approximate surface area is 146 Å². The minimum atomic E-state index is 0.572. The summed E-state index contributed by atoms with van der Waals surface area (Å²) in [5.41, 5.74) is 3.99. The molecule has 0 saturated heterocycles. The van der Waals surface area contributed by atoms with Crippen molar-refractivity contribution in [2.45, 2.75) is 50.1 Å². The summed E-state index contributed by atoms with van der Waals surface area (Å²) in [5, 5.41) is 9.90. The zero-order valence-corrected chi connectivity index (χ0v) is 14.8. The van der Waals surface area contributed by atoms with Crippen molar-refractivity contribution in [1.29, 1.82) is 0 Å². The second-order valence-corrected chi connectivity index (χ2v) is 7.44. The van der Waals surface area contributed by atoms with Gasteiger partial charge in [0.25, 0.3) is 0 Å². The number of nitrogens with zero attached hydrogens (tertiary/aromatic N) is 3. The number of benzene rings is 1. The van der Waals surface area contributed by atoms with Crippen molar-refractivity contribution in [3.05, 3.63) is 64.9 Å². The Morgan fingerprint density at radius 2 is 2.08 bits per heavy atom. The van der Waals surface area contributed by atoms with Crippen LogP contribution in [0.1, 0.15) is 47.0 Å². The van der Waals surface area contributed by atoms with Gasteiger partial charge in [-0.15, -0.1) is 10.2 Å². The fourth-order valence-electron chi connectivity index (χ4n) is 2.86. The topological polar surface area (TPSA) is 43.9 Å². The van der Waals surface area contributed by atoms with Crippen LogP contribution in [0.3, 0.4) is 0 Å². The van der Waals surface area contributed by atoms with E-state index in [0.717, 1.165) is 22.5 Å². The average Bonchev–Trinajstić information content (AvgIpc) is 3.14. The van der Waals surface area contributed by atoms with Gasteiger partial charge in [0.15, 0.2) is 5.16 Å². The van der Waals surface area contributed by atoms with Gasteiger partial charge in [0.2, 0.25) is 0 Å². The van der Waals surface area contributed by atoms with Crippen molar-refractivity contribution in [1.82, 2.24) is 14.8 Å². The minimum Gasteiger partial charge on any atom is -0.467 e. The monoisotopic (exact) mass is 339 g/mol. The SMILES string of the molecule is Cc1ccc(C)c(CSc2nnc(C3CC3)n2Cc2ccco2)c1. The number of aromatic nitrogens is 3.